The van der Waals surface area contributed by atoms with Crippen LogP contribution < -0.4 is 5.32 Å². The van der Waals surface area contributed by atoms with Crippen molar-refractivity contribution in [3.05, 3.63) is 35.1 Å². The minimum Gasteiger partial charge on any atom is -0.313 e. The number of hydrogen-bond acceptors (Lipinski definition) is 2. The lowest BCUT2D eigenvalue weighted by Gasteiger charge is -2.02. The lowest BCUT2D eigenvalue weighted by molar-refractivity contribution is 0.621. The average molecular weight is 178 g/mol. The molecule has 1 aromatic carbocycles. The summed E-state index contributed by atoms with van der Waals surface area (Å²) in [7, 11) is 0. The molecule has 68 valence electrons. The zero-order valence-corrected chi connectivity index (χ0v) is 7.47. The summed E-state index contributed by atoms with van der Waals surface area (Å²) >= 11 is 0. The van der Waals surface area contributed by atoms with E-state index < -0.39 is 5.82 Å². The van der Waals surface area contributed by atoms with Gasteiger partial charge >= 0.3 is 0 Å². The van der Waals surface area contributed by atoms with Crippen molar-refractivity contribution in [3.63, 3.8) is 0 Å². The molecule has 13 heavy (non-hydrogen) atoms. The van der Waals surface area contributed by atoms with Crippen molar-refractivity contribution in [1.29, 1.82) is 5.26 Å². The zero-order chi connectivity index (χ0) is 9.68. The van der Waals surface area contributed by atoms with E-state index in [-0.39, 0.29) is 5.56 Å². The van der Waals surface area contributed by atoms with Gasteiger partial charge in [0, 0.05) is 6.54 Å². The highest BCUT2D eigenvalue weighted by Gasteiger charge is 2.01. The molecule has 0 saturated heterocycles. The Labute approximate surface area is 77.0 Å². The first-order valence-corrected chi connectivity index (χ1v) is 4.17. The molecule has 0 aromatic heterocycles. The Morgan fingerprint density at radius 3 is 2.92 bits per heavy atom. The number of hydrogen-bond donors (Lipinski definition) is 1. The summed E-state index contributed by atoms with van der Waals surface area (Å²) in [5.41, 5.74) is 1.04. The molecule has 1 rings (SSSR count). The molecular weight excluding hydrogens is 167 g/mol. The first kappa shape index (κ1) is 9.69. The average Bonchev–Trinajstić information content (AvgIpc) is 2.16. The van der Waals surface area contributed by atoms with Crippen LogP contribution in [0.4, 0.5) is 4.39 Å². The van der Waals surface area contributed by atoms with Crippen LogP contribution in [-0.4, -0.2) is 6.54 Å². The van der Waals surface area contributed by atoms with E-state index in [1.165, 1.54) is 6.07 Å². The van der Waals surface area contributed by atoms with Crippen molar-refractivity contribution in [2.75, 3.05) is 6.54 Å². The summed E-state index contributed by atoms with van der Waals surface area (Å²) in [6, 6.07) is 6.38. The molecule has 0 bridgehead atoms. The number of benzene rings is 1. The predicted molar refractivity (Wildman–Crippen MR) is 48.5 cm³/mol. The van der Waals surface area contributed by atoms with Crippen molar-refractivity contribution in [1.82, 2.24) is 5.32 Å². The topological polar surface area (TPSA) is 35.8 Å². The maximum Gasteiger partial charge on any atom is 0.140 e. The van der Waals surface area contributed by atoms with Crippen LogP contribution in [0.1, 0.15) is 18.1 Å². The Kier molecular flexibility index (Phi) is 3.41. The highest BCUT2D eigenvalue weighted by molar-refractivity contribution is 5.34. The van der Waals surface area contributed by atoms with Gasteiger partial charge in [-0.2, -0.15) is 5.26 Å². The Balaban J connectivity index is 2.82. The van der Waals surface area contributed by atoms with Crippen LogP contribution >= 0.6 is 0 Å². The van der Waals surface area contributed by atoms with Crippen LogP contribution in [0.2, 0.25) is 0 Å². The van der Waals surface area contributed by atoms with Crippen LogP contribution in [0.25, 0.3) is 0 Å². The fourth-order valence-electron chi connectivity index (χ4n) is 1.04. The SMILES string of the molecule is CCNCc1ccc(F)c(C#N)c1. The minimum atomic E-state index is -0.456. The number of nitrogens with one attached hydrogen (secondary N) is 1. The summed E-state index contributed by atoms with van der Waals surface area (Å²) < 4.78 is 12.8. The maximum atomic E-state index is 12.8. The van der Waals surface area contributed by atoms with Gasteiger partial charge in [0.2, 0.25) is 0 Å². The fourth-order valence-corrected chi connectivity index (χ4v) is 1.04. The molecule has 0 atom stereocenters. The molecule has 0 spiro atoms. The molecule has 1 N–H and O–H groups in total. The number of rotatable bonds is 3. The summed E-state index contributed by atoms with van der Waals surface area (Å²) in [5.74, 6) is -0.456. The van der Waals surface area contributed by atoms with E-state index in [9.17, 15) is 4.39 Å². The molecule has 0 aliphatic carbocycles. The Morgan fingerprint density at radius 1 is 1.54 bits per heavy atom. The highest BCUT2D eigenvalue weighted by atomic mass is 19.1. The van der Waals surface area contributed by atoms with Gasteiger partial charge in [0.15, 0.2) is 0 Å². The molecule has 0 heterocycles. The third kappa shape index (κ3) is 2.53. The summed E-state index contributed by atoms with van der Waals surface area (Å²) in [5, 5.41) is 11.7. The van der Waals surface area contributed by atoms with E-state index in [1.807, 2.05) is 13.0 Å². The largest absolute Gasteiger partial charge is 0.313 e. The Bertz CT molecular complexity index is 328. The molecular formula is C10H11FN2. The predicted octanol–water partition coefficient (Wildman–Crippen LogP) is 1.81. The number of nitriles is 1. The molecule has 0 aliphatic rings. The van der Waals surface area contributed by atoms with Gasteiger partial charge in [-0.05, 0) is 24.2 Å². The van der Waals surface area contributed by atoms with Gasteiger partial charge in [0.05, 0.1) is 5.56 Å². The minimum absolute atomic E-state index is 0.107. The van der Waals surface area contributed by atoms with Gasteiger partial charge in [-0.15, -0.1) is 0 Å². The Morgan fingerprint density at radius 2 is 2.31 bits per heavy atom. The first-order valence-electron chi connectivity index (χ1n) is 4.17. The summed E-state index contributed by atoms with van der Waals surface area (Å²) in [6.07, 6.45) is 0. The monoisotopic (exact) mass is 178 g/mol. The molecule has 0 radical (unpaired) electrons. The van der Waals surface area contributed by atoms with Crippen LogP contribution in [0.15, 0.2) is 18.2 Å². The lowest BCUT2D eigenvalue weighted by atomic mass is 10.1. The molecule has 2 nitrogen and oxygen atoms in total. The van der Waals surface area contributed by atoms with Crippen molar-refractivity contribution in [3.8, 4) is 6.07 Å². The third-order valence-electron chi connectivity index (χ3n) is 1.73. The summed E-state index contributed by atoms with van der Waals surface area (Å²) in [4.78, 5) is 0. The Hall–Kier alpha value is -1.40. The number of nitrogens with zero attached hydrogens (tertiary/aromatic N) is 1. The van der Waals surface area contributed by atoms with Crippen molar-refractivity contribution in [2.24, 2.45) is 0 Å². The molecule has 0 aliphatic heterocycles. The van der Waals surface area contributed by atoms with Gasteiger partial charge in [-0.3, -0.25) is 0 Å². The second kappa shape index (κ2) is 4.58. The molecule has 1 aromatic rings. The van der Waals surface area contributed by atoms with Crippen LogP contribution in [0.5, 0.6) is 0 Å². The van der Waals surface area contributed by atoms with Crippen molar-refractivity contribution < 1.29 is 4.39 Å². The van der Waals surface area contributed by atoms with Crippen molar-refractivity contribution in [2.45, 2.75) is 13.5 Å². The normalized spacial score (nSPS) is 9.62. The van der Waals surface area contributed by atoms with Gasteiger partial charge in [0.25, 0.3) is 0 Å². The van der Waals surface area contributed by atoms with E-state index >= 15 is 0 Å². The van der Waals surface area contributed by atoms with Crippen LogP contribution in [0.3, 0.4) is 0 Å². The van der Waals surface area contributed by atoms with E-state index in [0.717, 1.165) is 12.1 Å². The standard InChI is InChI=1S/C10H11FN2/c1-2-13-7-8-3-4-10(11)9(5-8)6-12/h3-5,13H,2,7H2,1H3. The van der Waals surface area contributed by atoms with E-state index in [2.05, 4.69) is 5.32 Å². The first-order chi connectivity index (χ1) is 6.27. The molecule has 0 amide bonds. The van der Waals surface area contributed by atoms with Crippen molar-refractivity contribution >= 4 is 0 Å². The zero-order valence-electron chi connectivity index (χ0n) is 7.47. The van der Waals surface area contributed by atoms with Gasteiger partial charge in [-0.25, -0.2) is 4.39 Å². The summed E-state index contributed by atoms with van der Waals surface area (Å²) in [6.45, 7) is 3.53. The van der Waals surface area contributed by atoms with E-state index in [4.69, 9.17) is 5.26 Å². The van der Waals surface area contributed by atoms with Gasteiger partial charge < -0.3 is 5.32 Å². The molecule has 3 heteroatoms. The van der Waals surface area contributed by atoms with E-state index in [0.29, 0.717) is 6.54 Å². The van der Waals surface area contributed by atoms with Gasteiger partial charge in [-0.1, -0.05) is 13.0 Å². The second-order valence-corrected chi connectivity index (χ2v) is 2.71. The highest BCUT2D eigenvalue weighted by Crippen LogP contribution is 2.08. The van der Waals surface area contributed by atoms with E-state index in [1.54, 1.807) is 12.1 Å². The van der Waals surface area contributed by atoms with Crippen LogP contribution in [0, 0.1) is 17.1 Å². The third-order valence-corrected chi connectivity index (χ3v) is 1.73. The fraction of sp³-hybridized carbons (Fsp3) is 0.300. The molecule has 0 fully saturated rings. The van der Waals surface area contributed by atoms with Gasteiger partial charge in [0.1, 0.15) is 11.9 Å². The maximum absolute atomic E-state index is 12.8. The second-order valence-electron chi connectivity index (χ2n) is 2.71. The smallest absolute Gasteiger partial charge is 0.140 e. The number of halogens is 1. The van der Waals surface area contributed by atoms with Crippen LogP contribution in [-0.2, 0) is 6.54 Å². The quantitative estimate of drug-likeness (QED) is 0.766. The molecule has 0 saturated carbocycles. The lowest BCUT2D eigenvalue weighted by Crippen LogP contribution is -2.11. The molecule has 0 unspecified atom stereocenters.